The zero-order valence-corrected chi connectivity index (χ0v) is 16.1. The molecule has 0 saturated carbocycles. The molecule has 3 heteroatoms. The lowest BCUT2D eigenvalue weighted by Gasteiger charge is -2.19. The third-order valence-corrected chi connectivity index (χ3v) is 4.31. The van der Waals surface area contributed by atoms with Crippen LogP contribution < -0.4 is 10.1 Å². The quantitative estimate of drug-likeness (QED) is 0.739. The first-order valence-corrected chi connectivity index (χ1v) is 8.96. The van der Waals surface area contributed by atoms with E-state index in [1.54, 1.807) is 6.92 Å². The molecule has 0 aliphatic carbocycles. The Bertz CT molecular complexity index is 717. The highest BCUT2D eigenvalue weighted by Gasteiger charge is 2.18. The first kappa shape index (κ1) is 19.0. The molecule has 0 aromatic heterocycles. The van der Waals surface area contributed by atoms with Crippen LogP contribution in [0.4, 0.5) is 5.69 Å². The van der Waals surface area contributed by atoms with Gasteiger partial charge in [0.15, 0.2) is 6.10 Å². The Morgan fingerprint density at radius 1 is 0.920 bits per heavy atom. The summed E-state index contributed by atoms with van der Waals surface area (Å²) in [5.41, 5.74) is 4.28. The fourth-order valence-electron chi connectivity index (χ4n) is 2.66. The predicted octanol–water partition coefficient (Wildman–Crippen LogP) is 5.65. The lowest BCUT2D eigenvalue weighted by atomic mass is 10.0. The van der Waals surface area contributed by atoms with Gasteiger partial charge < -0.3 is 10.1 Å². The van der Waals surface area contributed by atoms with Gasteiger partial charge >= 0.3 is 0 Å². The highest BCUT2D eigenvalue weighted by atomic mass is 16.5. The van der Waals surface area contributed by atoms with E-state index >= 15 is 0 Å². The van der Waals surface area contributed by atoms with Crippen molar-refractivity contribution in [2.45, 2.75) is 59.5 Å². The van der Waals surface area contributed by atoms with Crippen molar-refractivity contribution in [2.24, 2.45) is 0 Å². The summed E-state index contributed by atoms with van der Waals surface area (Å²) in [6.45, 7) is 12.4. The number of hydrogen-bond donors (Lipinski definition) is 1. The smallest absolute Gasteiger partial charge is 0.265 e. The summed E-state index contributed by atoms with van der Waals surface area (Å²) in [6, 6.07) is 14.1. The van der Waals surface area contributed by atoms with Crippen LogP contribution in [0.1, 0.15) is 63.1 Å². The predicted molar refractivity (Wildman–Crippen MR) is 105 cm³/mol. The van der Waals surface area contributed by atoms with Crippen LogP contribution in [0.2, 0.25) is 0 Å². The molecule has 0 aliphatic heterocycles. The van der Waals surface area contributed by atoms with E-state index in [-0.39, 0.29) is 5.91 Å². The van der Waals surface area contributed by atoms with Gasteiger partial charge in [-0.2, -0.15) is 0 Å². The van der Waals surface area contributed by atoms with E-state index in [2.05, 4.69) is 45.1 Å². The average Bonchev–Trinajstić information content (AvgIpc) is 2.55. The van der Waals surface area contributed by atoms with Gasteiger partial charge in [-0.25, -0.2) is 0 Å². The fraction of sp³-hybridized carbons (Fsp3) is 0.409. The minimum atomic E-state index is -0.566. The minimum absolute atomic E-state index is 0.145. The maximum absolute atomic E-state index is 12.5. The second-order valence-corrected chi connectivity index (χ2v) is 7.22. The summed E-state index contributed by atoms with van der Waals surface area (Å²) in [6.07, 6.45) is -0.566. The van der Waals surface area contributed by atoms with Crippen LogP contribution in [0.15, 0.2) is 42.5 Å². The Hall–Kier alpha value is -2.29. The molecule has 1 amide bonds. The molecule has 0 heterocycles. The number of carbonyl (C=O) groups excluding carboxylic acids is 1. The van der Waals surface area contributed by atoms with E-state index in [0.29, 0.717) is 11.8 Å². The zero-order chi connectivity index (χ0) is 18.6. The van der Waals surface area contributed by atoms with Gasteiger partial charge in [-0.05, 0) is 60.6 Å². The Labute approximate surface area is 151 Å². The van der Waals surface area contributed by atoms with Crippen molar-refractivity contribution in [2.75, 3.05) is 5.32 Å². The van der Waals surface area contributed by atoms with E-state index < -0.39 is 6.10 Å². The highest BCUT2D eigenvalue weighted by molar-refractivity contribution is 5.94. The second kappa shape index (κ2) is 8.19. The van der Waals surface area contributed by atoms with Gasteiger partial charge in [0, 0.05) is 5.69 Å². The van der Waals surface area contributed by atoms with Crippen molar-refractivity contribution in [3.05, 3.63) is 59.2 Å². The largest absolute Gasteiger partial charge is 0.481 e. The summed E-state index contributed by atoms with van der Waals surface area (Å²) < 4.78 is 5.97. The molecule has 134 valence electrons. The molecule has 0 radical (unpaired) electrons. The molecule has 1 atom stereocenters. The summed E-state index contributed by atoms with van der Waals surface area (Å²) in [5, 5.41) is 2.93. The van der Waals surface area contributed by atoms with E-state index in [0.717, 1.165) is 22.6 Å². The Balaban J connectivity index is 2.06. The summed E-state index contributed by atoms with van der Waals surface area (Å²) in [7, 11) is 0. The van der Waals surface area contributed by atoms with Crippen LogP contribution in [0.5, 0.6) is 5.75 Å². The molecular weight excluding hydrogens is 310 g/mol. The van der Waals surface area contributed by atoms with Crippen molar-refractivity contribution in [3.63, 3.8) is 0 Å². The highest BCUT2D eigenvalue weighted by Crippen LogP contribution is 2.28. The number of benzene rings is 2. The minimum Gasteiger partial charge on any atom is -0.481 e. The molecule has 0 fully saturated rings. The van der Waals surface area contributed by atoms with Crippen LogP contribution in [0.3, 0.4) is 0 Å². The molecule has 3 nitrogen and oxygen atoms in total. The number of hydrogen-bond acceptors (Lipinski definition) is 2. The Morgan fingerprint density at radius 3 is 2.12 bits per heavy atom. The molecule has 2 aromatic rings. The molecule has 0 saturated heterocycles. The molecule has 0 unspecified atom stereocenters. The van der Waals surface area contributed by atoms with Crippen molar-refractivity contribution in [3.8, 4) is 5.75 Å². The Morgan fingerprint density at radius 2 is 1.56 bits per heavy atom. The number of aryl methyl sites for hydroxylation is 1. The summed E-state index contributed by atoms with van der Waals surface area (Å²) in [4.78, 5) is 12.5. The average molecular weight is 339 g/mol. The zero-order valence-electron chi connectivity index (χ0n) is 16.1. The molecule has 1 N–H and O–H groups in total. The molecule has 0 aliphatic rings. The lowest BCUT2D eigenvalue weighted by Crippen LogP contribution is -2.30. The summed E-state index contributed by atoms with van der Waals surface area (Å²) >= 11 is 0. The van der Waals surface area contributed by atoms with Crippen LogP contribution in [0, 0.1) is 6.92 Å². The van der Waals surface area contributed by atoms with Crippen molar-refractivity contribution >= 4 is 11.6 Å². The van der Waals surface area contributed by atoms with Crippen LogP contribution in [-0.4, -0.2) is 12.0 Å². The van der Waals surface area contributed by atoms with Gasteiger partial charge in [0.1, 0.15) is 5.75 Å². The van der Waals surface area contributed by atoms with Gasteiger partial charge in [-0.1, -0.05) is 52.0 Å². The number of ether oxygens (including phenoxy) is 1. The monoisotopic (exact) mass is 339 g/mol. The first-order chi connectivity index (χ1) is 11.8. The molecular formula is C22H29NO2. The molecule has 0 spiro atoms. The number of carbonyl (C=O) groups is 1. The molecule has 2 rings (SSSR count). The van der Waals surface area contributed by atoms with Crippen LogP contribution in [-0.2, 0) is 4.79 Å². The standard InChI is InChI=1S/C22H29NO2/c1-14(2)18-8-10-19(11-9-18)23-22(24)17(6)25-21-13-16(5)7-12-20(21)15(3)4/h7-15,17H,1-6H3,(H,23,24)/t17-/m1/s1. The van der Waals surface area contributed by atoms with Gasteiger partial charge in [-0.15, -0.1) is 0 Å². The van der Waals surface area contributed by atoms with Gasteiger partial charge in [0.2, 0.25) is 0 Å². The van der Waals surface area contributed by atoms with Crippen LogP contribution in [0.25, 0.3) is 0 Å². The SMILES string of the molecule is Cc1ccc(C(C)C)c(O[C@H](C)C(=O)Nc2ccc(C(C)C)cc2)c1. The Kier molecular flexibility index (Phi) is 6.24. The van der Waals surface area contributed by atoms with E-state index in [4.69, 9.17) is 4.74 Å². The third-order valence-electron chi connectivity index (χ3n) is 4.31. The van der Waals surface area contributed by atoms with Gasteiger partial charge in [0.25, 0.3) is 5.91 Å². The molecule has 0 bridgehead atoms. The van der Waals surface area contributed by atoms with E-state index in [9.17, 15) is 4.79 Å². The van der Waals surface area contributed by atoms with Gasteiger partial charge in [0.05, 0.1) is 0 Å². The number of nitrogens with one attached hydrogen (secondary N) is 1. The van der Waals surface area contributed by atoms with Crippen molar-refractivity contribution in [1.29, 1.82) is 0 Å². The fourth-order valence-corrected chi connectivity index (χ4v) is 2.66. The summed E-state index contributed by atoms with van der Waals surface area (Å²) in [5.74, 6) is 1.46. The second-order valence-electron chi connectivity index (χ2n) is 7.22. The first-order valence-electron chi connectivity index (χ1n) is 8.96. The normalized spacial score (nSPS) is 12.3. The topological polar surface area (TPSA) is 38.3 Å². The van der Waals surface area contributed by atoms with E-state index in [1.807, 2.05) is 37.3 Å². The number of anilines is 1. The number of amides is 1. The van der Waals surface area contributed by atoms with E-state index in [1.165, 1.54) is 5.56 Å². The van der Waals surface area contributed by atoms with Crippen LogP contribution >= 0.6 is 0 Å². The van der Waals surface area contributed by atoms with Crippen molar-refractivity contribution in [1.82, 2.24) is 0 Å². The number of rotatable bonds is 6. The lowest BCUT2D eigenvalue weighted by molar-refractivity contribution is -0.122. The molecule has 2 aromatic carbocycles. The van der Waals surface area contributed by atoms with Crippen molar-refractivity contribution < 1.29 is 9.53 Å². The maximum atomic E-state index is 12.5. The van der Waals surface area contributed by atoms with Gasteiger partial charge in [-0.3, -0.25) is 4.79 Å². The molecule has 25 heavy (non-hydrogen) atoms. The third kappa shape index (κ3) is 5.09. The maximum Gasteiger partial charge on any atom is 0.265 e.